The maximum Gasteiger partial charge on any atom is 1.00 e. The van der Waals surface area contributed by atoms with E-state index < -0.39 is 36.7 Å². The van der Waals surface area contributed by atoms with Crippen molar-refractivity contribution in [2.24, 2.45) is 0 Å². The predicted molar refractivity (Wildman–Crippen MR) is 44.6 cm³/mol. The van der Waals surface area contributed by atoms with Crippen molar-refractivity contribution in [3.05, 3.63) is 0 Å². The van der Waals surface area contributed by atoms with Gasteiger partial charge in [-0.2, -0.15) is 0 Å². The second-order valence-electron chi connectivity index (χ2n) is 2.86. The molecule has 0 aromatic carbocycles. The van der Waals surface area contributed by atoms with Crippen molar-refractivity contribution < 1.29 is 64.0 Å². The van der Waals surface area contributed by atoms with Gasteiger partial charge in [0.15, 0.2) is 0 Å². The van der Waals surface area contributed by atoms with Crippen molar-refractivity contribution in [3.8, 4) is 0 Å². The molecule has 4 N–H and O–H groups in total. The van der Waals surface area contributed by atoms with Crippen molar-refractivity contribution in [3.63, 3.8) is 0 Å². The van der Waals surface area contributed by atoms with Gasteiger partial charge in [0.2, 0.25) is 0 Å². The topological polar surface area (TPSA) is 116 Å². The number of ether oxygens (including phenoxy) is 1. The summed E-state index contributed by atoms with van der Waals surface area (Å²) in [5.74, 6) is -0.870. The molecule has 0 aromatic heterocycles. The summed E-state index contributed by atoms with van der Waals surface area (Å²) in [7, 11) is 0. The average molecular weight is 341 g/mol. The second-order valence-corrected chi connectivity index (χ2v) is 3.53. The molecule has 5 atom stereocenters. The van der Waals surface area contributed by atoms with Crippen molar-refractivity contribution >= 4 is 29.4 Å². The molecule has 0 bridgehead atoms. The monoisotopic (exact) mass is 340 g/mol. The summed E-state index contributed by atoms with van der Waals surface area (Å²) in [6.07, 6.45) is -8.05. The van der Waals surface area contributed by atoms with Crippen LogP contribution >= 0.6 is 0 Å². The van der Waals surface area contributed by atoms with Gasteiger partial charge in [0.25, 0.3) is 0 Å². The number of aliphatic hydroxyl groups excluding tert-OH is 4. The molecular weight excluding hydrogens is 329 g/mol. The fourth-order valence-corrected chi connectivity index (χ4v) is 1.51. The summed E-state index contributed by atoms with van der Waals surface area (Å²) in [5, 5.41) is 36.6. The largest absolute Gasteiger partial charge is 1.00 e. The number of carbonyl (C=O) groups is 1. The van der Waals surface area contributed by atoms with Crippen LogP contribution in [0.3, 0.4) is 0 Å². The third-order valence-electron chi connectivity index (χ3n) is 1.94. The van der Waals surface area contributed by atoms with E-state index in [2.05, 4.69) is 7.75 Å². The molecule has 15 heavy (non-hydrogen) atoms. The van der Waals surface area contributed by atoms with Crippen molar-refractivity contribution in [2.75, 3.05) is 0 Å². The zero-order chi connectivity index (χ0) is 10.9. The van der Waals surface area contributed by atoms with Crippen LogP contribution in [-0.4, -0.2) is 80.5 Å². The maximum absolute atomic E-state index is 11.0. The Hall–Kier alpha value is 1.09. The maximum atomic E-state index is 11.0. The minimum absolute atomic E-state index is 0. The SMILES string of the molecule is O=C([O][SbH2])[C@H]1O[C@@H](O)[C@H](O)[C@@H](O)[C@@H]1O.[H-].[Na+]. The van der Waals surface area contributed by atoms with Gasteiger partial charge in [-0.25, -0.2) is 0 Å². The zero-order valence-corrected chi connectivity index (χ0v) is 13.3. The van der Waals surface area contributed by atoms with Crippen LogP contribution in [-0.2, 0) is 12.5 Å². The first kappa shape index (κ1) is 16.1. The standard InChI is InChI=1S/C6H10O7.Na.Sb.3H/c7-1-2(8)4(5(10)11)13-6(12)3(1)9;;;;;/h1-4,6-9,12H,(H,10,11);;;;;/q;2*+1;;;-1/p-1/t1-,2-,3+,4-,6+;;;;;/m0...../s1. The van der Waals surface area contributed by atoms with Crippen molar-refractivity contribution in [2.45, 2.75) is 30.7 Å². The quantitative estimate of drug-likeness (QED) is 0.350. The summed E-state index contributed by atoms with van der Waals surface area (Å²) >= 11 is 0.174. The second kappa shape index (κ2) is 6.73. The Morgan fingerprint density at radius 3 is 2.20 bits per heavy atom. The Morgan fingerprint density at radius 1 is 1.20 bits per heavy atom. The molecule has 0 spiro atoms. The van der Waals surface area contributed by atoms with Gasteiger partial charge in [0.05, 0.1) is 0 Å². The van der Waals surface area contributed by atoms with Gasteiger partial charge in [-0.15, -0.1) is 0 Å². The molecule has 1 aliphatic heterocycles. The van der Waals surface area contributed by atoms with E-state index in [4.69, 9.17) is 10.2 Å². The number of aliphatic hydroxyl groups is 4. The van der Waals surface area contributed by atoms with E-state index in [1.54, 1.807) is 0 Å². The third-order valence-corrected chi connectivity index (χ3v) is 2.60. The Kier molecular flexibility index (Phi) is 7.22. The van der Waals surface area contributed by atoms with Gasteiger partial charge in [0.1, 0.15) is 0 Å². The van der Waals surface area contributed by atoms with Gasteiger partial charge in [-0.1, -0.05) is 0 Å². The summed E-state index contributed by atoms with van der Waals surface area (Å²) in [6, 6.07) is 0. The van der Waals surface area contributed by atoms with E-state index in [1.165, 1.54) is 0 Å². The molecule has 84 valence electrons. The number of hydrogen-bond acceptors (Lipinski definition) is 7. The average Bonchev–Trinajstić information content (AvgIpc) is 2.19. The molecule has 0 unspecified atom stereocenters. The number of carbonyl (C=O) groups excluding carboxylic acids is 1. The van der Waals surface area contributed by atoms with E-state index >= 15 is 0 Å². The zero-order valence-electron chi connectivity index (χ0n) is 8.98. The summed E-state index contributed by atoms with van der Waals surface area (Å²) < 4.78 is 8.97. The van der Waals surface area contributed by atoms with Gasteiger partial charge < -0.3 is 1.43 Å². The minimum atomic E-state index is -1.71. The van der Waals surface area contributed by atoms with E-state index in [0.717, 1.165) is 0 Å². The summed E-state index contributed by atoms with van der Waals surface area (Å²) in [5.41, 5.74) is 0. The Bertz CT molecular complexity index is 233. The molecule has 1 rings (SSSR count). The first-order valence-corrected chi connectivity index (χ1v) is 5.12. The van der Waals surface area contributed by atoms with Crippen LogP contribution in [0, 0.1) is 0 Å². The van der Waals surface area contributed by atoms with Crippen LogP contribution in [0.25, 0.3) is 0 Å². The smallest absolute Gasteiger partial charge is 1.00 e. The van der Waals surface area contributed by atoms with Gasteiger partial charge >= 0.3 is 123 Å². The van der Waals surface area contributed by atoms with Gasteiger partial charge in [0, 0.05) is 0 Å². The summed E-state index contributed by atoms with van der Waals surface area (Å²) in [4.78, 5) is 11.0. The summed E-state index contributed by atoms with van der Waals surface area (Å²) in [6.45, 7) is 0. The fraction of sp³-hybridized carbons (Fsp3) is 0.833. The molecule has 1 fully saturated rings. The molecule has 0 aromatic rings. The van der Waals surface area contributed by atoms with E-state index in [-0.39, 0.29) is 54.4 Å². The molecule has 0 amide bonds. The predicted octanol–water partition coefficient (Wildman–Crippen LogP) is -7.01. The Morgan fingerprint density at radius 2 is 1.73 bits per heavy atom. The molecule has 1 heterocycles. The van der Waals surface area contributed by atoms with E-state index in [1.807, 2.05) is 0 Å². The molecule has 0 saturated carbocycles. The molecule has 1 aliphatic rings. The van der Waals surface area contributed by atoms with E-state index in [9.17, 15) is 15.0 Å². The van der Waals surface area contributed by atoms with E-state index in [0.29, 0.717) is 0 Å². The number of rotatable bonds is 1. The van der Waals surface area contributed by atoms with Crippen LogP contribution in [0.5, 0.6) is 0 Å². The number of hydrogen-bond donors (Lipinski definition) is 4. The first-order valence-electron chi connectivity index (χ1n) is 3.77. The van der Waals surface area contributed by atoms with Gasteiger partial charge in [-0.3, -0.25) is 0 Å². The van der Waals surface area contributed by atoms with Crippen LogP contribution in [0.15, 0.2) is 0 Å². The third kappa shape index (κ3) is 3.52. The minimum Gasteiger partial charge on any atom is -1.00 e. The van der Waals surface area contributed by atoms with Crippen molar-refractivity contribution in [1.82, 2.24) is 0 Å². The molecule has 0 radical (unpaired) electrons. The molecule has 7 nitrogen and oxygen atoms in total. The molecular formula is C6H12NaO7Sb. The molecule has 1 saturated heterocycles. The Labute approximate surface area is 123 Å². The Balaban J connectivity index is 0. The normalized spacial score (nSPS) is 40.5. The van der Waals surface area contributed by atoms with Crippen LogP contribution in [0.4, 0.5) is 0 Å². The van der Waals surface area contributed by atoms with Crippen LogP contribution < -0.4 is 29.6 Å². The van der Waals surface area contributed by atoms with Gasteiger partial charge in [-0.05, 0) is 0 Å². The molecule has 9 heteroatoms. The molecule has 0 aliphatic carbocycles. The fourth-order valence-electron chi connectivity index (χ4n) is 1.12. The van der Waals surface area contributed by atoms with Crippen LogP contribution in [0.2, 0.25) is 0 Å². The van der Waals surface area contributed by atoms with Crippen molar-refractivity contribution in [1.29, 1.82) is 0 Å². The first-order chi connectivity index (χ1) is 6.49. The van der Waals surface area contributed by atoms with Crippen LogP contribution in [0.1, 0.15) is 1.43 Å².